The number of nitrogen functional groups attached to an aromatic ring is 1. The van der Waals surface area contributed by atoms with Crippen molar-refractivity contribution in [3.8, 4) is 11.1 Å². The SMILES string of the molecule is Cc1cc(Nc2n[nH]c(N)n2)cc(C(F)(F)F)c1-c1ccc(SC(CC(C)(C)C)CC(C)(C)C)cc1. The van der Waals surface area contributed by atoms with E-state index in [1.165, 1.54) is 0 Å². The van der Waals surface area contributed by atoms with E-state index in [0.29, 0.717) is 16.4 Å². The minimum Gasteiger partial charge on any atom is -0.368 e. The normalized spacial score (nSPS) is 12.9. The van der Waals surface area contributed by atoms with Crippen LogP contribution in [0.1, 0.15) is 65.5 Å². The van der Waals surface area contributed by atoms with Crippen LogP contribution in [0.5, 0.6) is 0 Å². The molecule has 3 aromatic rings. The Bertz CT molecular complexity index is 1160. The number of nitrogens with two attached hydrogens (primary N) is 1. The number of aryl methyl sites for hydroxylation is 1. The molecule has 0 unspecified atom stereocenters. The van der Waals surface area contributed by atoms with Gasteiger partial charge in [-0.05, 0) is 71.6 Å². The van der Waals surface area contributed by atoms with Crippen LogP contribution >= 0.6 is 11.8 Å². The van der Waals surface area contributed by atoms with Crippen molar-refractivity contribution in [1.29, 1.82) is 0 Å². The third-order valence-corrected chi connectivity index (χ3v) is 6.74. The van der Waals surface area contributed by atoms with E-state index in [0.717, 1.165) is 23.8 Å². The molecular weight excluding hydrogens is 483 g/mol. The lowest BCUT2D eigenvalue weighted by Gasteiger charge is -2.30. The van der Waals surface area contributed by atoms with Crippen molar-refractivity contribution in [2.24, 2.45) is 10.8 Å². The fourth-order valence-corrected chi connectivity index (χ4v) is 6.18. The molecule has 1 heterocycles. The van der Waals surface area contributed by atoms with Gasteiger partial charge in [0.05, 0.1) is 5.56 Å². The number of anilines is 3. The van der Waals surface area contributed by atoms with E-state index in [2.05, 4.69) is 62.0 Å². The van der Waals surface area contributed by atoms with Crippen LogP contribution in [0, 0.1) is 17.8 Å². The average molecular weight is 520 g/mol. The van der Waals surface area contributed by atoms with Crippen LogP contribution < -0.4 is 11.1 Å². The average Bonchev–Trinajstić information content (AvgIpc) is 3.09. The summed E-state index contributed by atoms with van der Waals surface area (Å²) in [5, 5.41) is 9.50. The van der Waals surface area contributed by atoms with Gasteiger partial charge in [0.1, 0.15) is 0 Å². The van der Waals surface area contributed by atoms with Gasteiger partial charge in [0.2, 0.25) is 11.9 Å². The van der Waals surface area contributed by atoms with Gasteiger partial charge in [-0.3, -0.25) is 0 Å². The maximum atomic E-state index is 14.1. The molecule has 2 aromatic carbocycles. The highest BCUT2D eigenvalue weighted by Crippen LogP contribution is 2.43. The Morgan fingerprint density at radius 2 is 1.56 bits per heavy atom. The largest absolute Gasteiger partial charge is 0.417 e. The summed E-state index contributed by atoms with van der Waals surface area (Å²) in [6, 6.07) is 10.2. The summed E-state index contributed by atoms with van der Waals surface area (Å²) in [6.07, 6.45) is -2.42. The maximum absolute atomic E-state index is 14.1. The van der Waals surface area contributed by atoms with Crippen LogP contribution in [-0.4, -0.2) is 20.4 Å². The van der Waals surface area contributed by atoms with Gasteiger partial charge in [0.25, 0.3) is 0 Å². The van der Waals surface area contributed by atoms with Gasteiger partial charge in [-0.1, -0.05) is 53.7 Å². The predicted molar refractivity (Wildman–Crippen MR) is 143 cm³/mol. The molecule has 4 N–H and O–H groups in total. The minimum atomic E-state index is -4.53. The summed E-state index contributed by atoms with van der Waals surface area (Å²) in [5.74, 6) is 0.182. The molecule has 3 rings (SSSR count). The van der Waals surface area contributed by atoms with Crippen LogP contribution in [0.15, 0.2) is 41.3 Å². The van der Waals surface area contributed by atoms with Gasteiger partial charge in [-0.25, -0.2) is 5.10 Å². The zero-order chi connectivity index (χ0) is 26.9. The summed E-state index contributed by atoms with van der Waals surface area (Å²) in [7, 11) is 0. The molecule has 0 saturated heterocycles. The molecule has 36 heavy (non-hydrogen) atoms. The number of hydrogen-bond acceptors (Lipinski definition) is 5. The number of benzene rings is 2. The Labute approximate surface area is 215 Å². The molecule has 0 aliphatic carbocycles. The lowest BCUT2D eigenvalue weighted by Crippen LogP contribution is -2.21. The second-order valence-corrected chi connectivity index (χ2v) is 13.1. The zero-order valence-corrected chi connectivity index (χ0v) is 22.8. The van der Waals surface area contributed by atoms with Crippen LogP contribution in [0.25, 0.3) is 11.1 Å². The molecule has 0 saturated carbocycles. The summed E-state index contributed by atoms with van der Waals surface area (Å²) in [6.45, 7) is 15.1. The third-order valence-electron chi connectivity index (χ3n) is 5.53. The van der Waals surface area contributed by atoms with Crippen molar-refractivity contribution in [1.82, 2.24) is 15.2 Å². The number of thioether (sulfide) groups is 1. The van der Waals surface area contributed by atoms with Gasteiger partial charge >= 0.3 is 6.18 Å². The first-order valence-corrected chi connectivity index (χ1v) is 12.8. The van der Waals surface area contributed by atoms with E-state index in [1.807, 2.05) is 12.1 Å². The predicted octanol–water partition coefficient (Wildman–Crippen LogP) is 8.46. The molecule has 0 atom stereocenters. The van der Waals surface area contributed by atoms with Gasteiger partial charge < -0.3 is 11.1 Å². The number of nitrogens with one attached hydrogen (secondary N) is 2. The number of alkyl halides is 3. The van der Waals surface area contributed by atoms with E-state index >= 15 is 0 Å². The molecule has 5 nitrogen and oxygen atoms in total. The molecule has 0 aliphatic rings. The summed E-state index contributed by atoms with van der Waals surface area (Å²) >= 11 is 1.81. The third kappa shape index (κ3) is 7.91. The van der Waals surface area contributed by atoms with Gasteiger partial charge in [0.15, 0.2) is 0 Å². The quantitative estimate of drug-likeness (QED) is 0.273. The monoisotopic (exact) mass is 519 g/mol. The fraction of sp³-hybridized carbons (Fsp3) is 0.481. The van der Waals surface area contributed by atoms with Crippen LogP contribution in [0.4, 0.5) is 30.8 Å². The van der Waals surface area contributed by atoms with E-state index in [4.69, 9.17) is 5.73 Å². The van der Waals surface area contributed by atoms with Gasteiger partial charge in [-0.15, -0.1) is 16.9 Å². The second-order valence-electron chi connectivity index (χ2n) is 11.7. The van der Waals surface area contributed by atoms with Crippen molar-refractivity contribution in [3.05, 3.63) is 47.5 Å². The standard InChI is InChI=1S/C27H36F3N5S/c1-16-12-18(32-24-33-23(31)34-35-24)13-21(27(28,29)30)22(16)17-8-10-19(11-9-17)36-20(14-25(2,3)4)15-26(5,6)7/h8-13,20H,14-15H2,1-7H3,(H4,31,32,33,34,35). The lowest BCUT2D eigenvalue weighted by molar-refractivity contribution is -0.137. The van der Waals surface area contributed by atoms with Crippen LogP contribution in [0.2, 0.25) is 0 Å². The molecule has 0 aliphatic heterocycles. The second kappa shape index (κ2) is 10.4. The van der Waals surface area contributed by atoms with E-state index in [-0.39, 0.29) is 34.0 Å². The van der Waals surface area contributed by atoms with Crippen molar-refractivity contribution >= 4 is 29.3 Å². The minimum absolute atomic E-state index is 0.0760. The highest BCUT2D eigenvalue weighted by molar-refractivity contribution is 8.00. The zero-order valence-electron chi connectivity index (χ0n) is 22.0. The van der Waals surface area contributed by atoms with Crippen molar-refractivity contribution in [2.75, 3.05) is 11.1 Å². The molecule has 0 radical (unpaired) electrons. The maximum Gasteiger partial charge on any atom is 0.417 e. The number of aromatic amines is 1. The molecular formula is C27H36F3N5S. The Morgan fingerprint density at radius 3 is 2.03 bits per heavy atom. The van der Waals surface area contributed by atoms with Crippen molar-refractivity contribution in [2.45, 2.75) is 77.6 Å². The van der Waals surface area contributed by atoms with Crippen molar-refractivity contribution < 1.29 is 13.2 Å². The number of nitrogens with zero attached hydrogens (tertiary/aromatic N) is 2. The summed E-state index contributed by atoms with van der Waals surface area (Å²) < 4.78 is 42.3. The first-order valence-electron chi connectivity index (χ1n) is 11.9. The van der Waals surface area contributed by atoms with Gasteiger partial charge in [0, 0.05) is 15.8 Å². The Balaban J connectivity index is 1.91. The number of rotatable bonds is 7. The first-order chi connectivity index (χ1) is 16.5. The Hall–Kier alpha value is -2.68. The van der Waals surface area contributed by atoms with Crippen LogP contribution in [-0.2, 0) is 6.18 Å². The summed E-state index contributed by atoms with van der Waals surface area (Å²) in [5.41, 5.74) is 6.60. The van der Waals surface area contributed by atoms with Crippen molar-refractivity contribution in [3.63, 3.8) is 0 Å². The van der Waals surface area contributed by atoms with E-state index in [9.17, 15) is 13.2 Å². The molecule has 1 aromatic heterocycles. The molecule has 0 amide bonds. The highest BCUT2D eigenvalue weighted by atomic mass is 32.2. The number of H-pyrrole nitrogens is 1. The highest BCUT2D eigenvalue weighted by Gasteiger charge is 2.35. The lowest BCUT2D eigenvalue weighted by atomic mass is 9.83. The van der Waals surface area contributed by atoms with E-state index < -0.39 is 11.7 Å². The Morgan fingerprint density at radius 1 is 0.972 bits per heavy atom. The first kappa shape index (κ1) is 27.9. The van der Waals surface area contributed by atoms with E-state index in [1.54, 1.807) is 36.9 Å². The molecule has 0 bridgehead atoms. The number of aromatic nitrogens is 3. The molecule has 9 heteroatoms. The van der Waals surface area contributed by atoms with Gasteiger partial charge in [-0.2, -0.15) is 18.2 Å². The topological polar surface area (TPSA) is 79.6 Å². The van der Waals surface area contributed by atoms with Crippen LogP contribution in [0.3, 0.4) is 0 Å². The summed E-state index contributed by atoms with van der Waals surface area (Å²) in [4.78, 5) is 4.96. The number of halogens is 3. The Kier molecular flexibility index (Phi) is 8.03. The smallest absolute Gasteiger partial charge is 0.368 e. The fourth-order valence-electron chi connectivity index (χ4n) is 4.34. The molecule has 196 valence electrons. The molecule has 0 spiro atoms. The molecule has 0 fully saturated rings. The number of hydrogen-bond donors (Lipinski definition) is 3.